The van der Waals surface area contributed by atoms with Crippen LogP contribution in [0.5, 0.6) is 0 Å². The summed E-state index contributed by atoms with van der Waals surface area (Å²) in [5, 5.41) is 16.4. The molecule has 0 aliphatic rings. The molecule has 4 heterocycles. The van der Waals surface area contributed by atoms with Gasteiger partial charge in [-0.1, -0.05) is 83.2 Å². The average molecular weight is 842 g/mol. The third kappa shape index (κ3) is 15.2. The van der Waals surface area contributed by atoms with Crippen LogP contribution in [0, 0.1) is 0 Å². The minimum atomic E-state index is -6.09. The van der Waals surface area contributed by atoms with E-state index < -0.39 is 31.3 Å². The molecule has 53 heavy (non-hydrogen) atoms. The summed E-state index contributed by atoms with van der Waals surface area (Å²) in [4.78, 5) is 8.43. The smallest absolute Gasteiger partial charge is 0.741 e. The molecule has 0 aliphatic carbocycles. The minimum Gasteiger partial charge on any atom is -0.741 e. The SMILES string of the molecule is O.O.O=S(=O)([O-])C(F)(F)F.O=S(=O)([O-])C(F)(F)F.[Cu+2].c1ccc(-c2cn(-c3ccccn3)nn2)cc1.c1ccc(-c2cn(-c3ccccn3)nn2)cc1. The van der Waals surface area contributed by atoms with Gasteiger partial charge in [0.2, 0.25) is 0 Å². The van der Waals surface area contributed by atoms with E-state index in [0.717, 1.165) is 34.2 Å². The Bertz CT molecular complexity index is 1890. The van der Waals surface area contributed by atoms with Crippen LogP contribution in [-0.4, -0.2) is 87.9 Å². The van der Waals surface area contributed by atoms with Gasteiger partial charge in [0.1, 0.15) is 11.4 Å². The Morgan fingerprint density at radius 2 is 0.792 bits per heavy atom. The fourth-order valence-electron chi connectivity index (χ4n) is 3.21. The summed E-state index contributed by atoms with van der Waals surface area (Å²) in [7, 11) is -12.2. The number of hydrogen-bond acceptors (Lipinski definition) is 12. The van der Waals surface area contributed by atoms with E-state index in [1.165, 1.54) is 0 Å². The van der Waals surface area contributed by atoms with Gasteiger partial charge in [0.05, 0.1) is 12.4 Å². The number of rotatable bonds is 4. The number of nitrogens with zero attached hydrogens (tertiary/aromatic N) is 8. The molecule has 0 atom stereocenters. The molecule has 0 unspecified atom stereocenters. The predicted molar refractivity (Wildman–Crippen MR) is 168 cm³/mol. The number of alkyl halides is 6. The monoisotopic (exact) mass is 841 g/mol. The first kappa shape index (κ1) is 47.9. The van der Waals surface area contributed by atoms with E-state index in [2.05, 4.69) is 30.6 Å². The van der Waals surface area contributed by atoms with Crippen molar-refractivity contribution in [2.45, 2.75) is 11.0 Å². The zero-order chi connectivity index (χ0) is 37.0. The maximum atomic E-state index is 10.7. The van der Waals surface area contributed by atoms with Crippen molar-refractivity contribution in [1.29, 1.82) is 0 Å². The van der Waals surface area contributed by atoms with Crippen LogP contribution in [-0.2, 0) is 37.3 Å². The summed E-state index contributed by atoms with van der Waals surface area (Å²) < 4.78 is 121. The molecule has 0 saturated carbocycles. The Labute approximate surface area is 306 Å². The molecule has 1 radical (unpaired) electrons. The van der Waals surface area contributed by atoms with Crippen molar-refractivity contribution in [2.75, 3.05) is 0 Å². The minimum absolute atomic E-state index is 0. The van der Waals surface area contributed by atoms with Crippen LogP contribution in [0.2, 0.25) is 0 Å². The zero-order valence-electron chi connectivity index (χ0n) is 26.0. The van der Waals surface area contributed by atoms with E-state index in [-0.39, 0.29) is 28.0 Å². The van der Waals surface area contributed by atoms with E-state index in [1.54, 1.807) is 21.8 Å². The Hall–Kier alpha value is -5.14. The topological polar surface area (TPSA) is 265 Å². The molecule has 0 fully saturated rings. The molecule has 6 rings (SSSR count). The zero-order valence-corrected chi connectivity index (χ0v) is 28.5. The van der Waals surface area contributed by atoms with Crippen LogP contribution in [0.15, 0.2) is 122 Å². The second-order valence-electron chi connectivity index (χ2n) is 9.00. The van der Waals surface area contributed by atoms with Crippen LogP contribution in [0.1, 0.15) is 0 Å². The standard InChI is InChI=1S/2C13H10N4.2CHF3O3S.Cu.2H2O/c2*1-2-6-11(7-3-1)12-10-17(16-15-12)13-8-4-5-9-14-13;2*2-1(3,4)8(5,6)7;;;/h2*1-10H;2*(H,5,6,7);;2*1H2/q;;;;+2;;/p-2. The molecule has 16 nitrogen and oxygen atoms in total. The van der Waals surface area contributed by atoms with Crippen LogP contribution in [0.4, 0.5) is 26.3 Å². The maximum Gasteiger partial charge on any atom is 2.00 e. The largest absolute Gasteiger partial charge is 2.00 e. The molecule has 0 bridgehead atoms. The molecule has 0 amide bonds. The van der Waals surface area contributed by atoms with E-state index in [4.69, 9.17) is 25.9 Å². The van der Waals surface area contributed by atoms with Crippen molar-refractivity contribution in [3.63, 3.8) is 0 Å². The molecule has 25 heteroatoms. The Kier molecular flexibility index (Phi) is 18.8. The number of halogens is 6. The van der Waals surface area contributed by atoms with Crippen molar-refractivity contribution in [3.05, 3.63) is 122 Å². The quantitative estimate of drug-likeness (QED) is 0.107. The average Bonchev–Trinajstić information content (AvgIpc) is 3.77. The molecule has 0 aliphatic heterocycles. The second kappa shape index (κ2) is 20.8. The van der Waals surface area contributed by atoms with Gasteiger partial charge in [-0.05, 0) is 24.3 Å². The molecule has 4 aromatic heterocycles. The predicted octanol–water partition coefficient (Wildman–Crippen LogP) is 3.11. The summed E-state index contributed by atoms with van der Waals surface area (Å²) in [5.74, 6) is 1.53. The number of hydrogen-bond donors (Lipinski definition) is 0. The van der Waals surface area contributed by atoms with Gasteiger partial charge >= 0.3 is 28.1 Å². The van der Waals surface area contributed by atoms with E-state index in [0.29, 0.717) is 0 Å². The first-order valence-corrected chi connectivity index (χ1v) is 16.0. The molecule has 289 valence electrons. The van der Waals surface area contributed by atoms with Gasteiger partial charge in [0, 0.05) is 23.5 Å². The van der Waals surface area contributed by atoms with Crippen LogP contribution >= 0.6 is 0 Å². The van der Waals surface area contributed by atoms with Crippen molar-refractivity contribution >= 4 is 20.2 Å². The Morgan fingerprint density at radius 3 is 1.04 bits per heavy atom. The molecule has 2 aromatic carbocycles. The van der Waals surface area contributed by atoms with Gasteiger partial charge in [-0.3, -0.25) is 0 Å². The van der Waals surface area contributed by atoms with Gasteiger partial charge < -0.3 is 20.1 Å². The summed E-state index contributed by atoms with van der Waals surface area (Å²) >= 11 is 0. The summed E-state index contributed by atoms with van der Waals surface area (Å²) in [6, 6.07) is 31.3. The number of aromatic nitrogens is 8. The van der Waals surface area contributed by atoms with Gasteiger partial charge in [-0.15, -0.1) is 10.2 Å². The number of benzene rings is 2. The van der Waals surface area contributed by atoms with E-state index >= 15 is 0 Å². The van der Waals surface area contributed by atoms with Gasteiger partial charge in [0.25, 0.3) is 0 Å². The fourth-order valence-corrected chi connectivity index (χ4v) is 3.21. The molecular formula is C28H24CuF6N8O8S2. The normalized spacial score (nSPS) is 10.9. The summed E-state index contributed by atoms with van der Waals surface area (Å²) in [6.07, 6.45) is 7.22. The van der Waals surface area contributed by atoms with Crippen molar-refractivity contribution in [3.8, 4) is 34.2 Å². The Balaban J connectivity index is 0.000000711. The number of pyridine rings is 2. The second-order valence-corrected chi connectivity index (χ2v) is 11.7. The van der Waals surface area contributed by atoms with E-state index in [1.807, 2.05) is 109 Å². The molecule has 0 spiro atoms. The summed E-state index contributed by atoms with van der Waals surface area (Å²) in [6.45, 7) is 0. The first-order chi connectivity index (χ1) is 23.4. The van der Waals surface area contributed by atoms with Gasteiger partial charge in [-0.25, -0.2) is 36.2 Å². The summed E-state index contributed by atoms with van der Waals surface area (Å²) in [5.41, 5.74) is -7.50. The van der Waals surface area contributed by atoms with Crippen LogP contribution in [0.3, 0.4) is 0 Å². The molecule has 4 N–H and O–H groups in total. The van der Waals surface area contributed by atoms with Gasteiger partial charge in [-0.2, -0.15) is 26.3 Å². The van der Waals surface area contributed by atoms with Crippen LogP contribution in [0.25, 0.3) is 34.2 Å². The van der Waals surface area contributed by atoms with E-state index in [9.17, 15) is 26.3 Å². The maximum absolute atomic E-state index is 10.7. The molecule has 6 aromatic rings. The molecular weight excluding hydrogens is 818 g/mol. The fraction of sp³-hybridized carbons (Fsp3) is 0.0714. The first-order valence-electron chi connectivity index (χ1n) is 13.2. The van der Waals surface area contributed by atoms with Crippen LogP contribution < -0.4 is 0 Å². The molecule has 0 saturated heterocycles. The third-order valence-electron chi connectivity index (χ3n) is 5.46. The van der Waals surface area contributed by atoms with Crippen molar-refractivity contribution < 1.29 is 80.3 Å². The van der Waals surface area contributed by atoms with Gasteiger partial charge in [0.15, 0.2) is 31.9 Å². The third-order valence-corrected chi connectivity index (χ3v) is 6.59. The Morgan fingerprint density at radius 1 is 0.509 bits per heavy atom. The van der Waals surface area contributed by atoms with Crippen molar-refractivity contribution in [1.82, 2.24) is 40.0 Å². The van der Waals surface area contributed by atoms with Crippen molar-refractivity contribution in [2.24, 2.45) is 0 Å².